The summed E-state index contributed by atoms with van der Waals surface area (Å²) in [6, 6.07) is 17.1. The first-order valence-corrected chi connectivity index (χ1v) is 14.4. The number of allylic oxidation sites excluding steroid dienone is 4. The van der Waals surface area contributed by atoms with Crippen LogP contribution < -0.4 is 0 Å². The van der Waals surface area contributed by atoms with Crippen LogP contribution in [-0.4, -0.2) is 11.9 Å². The van der Waals surface area contributed by atoms with Crippen molar-refractivity contribution in [3.05, 3.63) is 84.0 Å². The van der Waals surface area contributed by atoms with Crippen molar-refractivity contribution >= 4 is 23.3 Å². The molecular formula is C34H48N2. The lowest BCUT2D eigenvalue weighted by atomic mass is 10.1. The first kappa shape index (κ1) is 29.5. The van der Waals surface area contributed by atoms with Crippen LogP contribution in [0.15, 0.2) is 82.8 Å². The molecule has 0 radical (unpaired) electrons. The lowest BCUT2D eigenvalue weighted by Crippen LogP contribution is -2.00. The van der Waals surface area contributed by atoms with Gasteiger partial charge in [-0.25, -0.2) is 0 Å². The summed E-state index contributed by atoms with van der Waals surface area (Å²) in [5.41, 5.74) is 5.84. The van der Waals surface area contributed by atoms with Crippen molar-refractivity contribution in [3.8, 4) is 0 Å². The zero-order valence-electron chi connectivity index (χ0n) is 23.1. The Kier molecular flexibility index (Phi) is 15.9. The topological polar surface area (TPSA) is 24.7 Å². The van der Waals surface area contributed by atoms with E-state index in [0.717, 1.165) is 62.0 Å². The molecule has 2 aromatic rings. The summed E-state index contributed by atoms with van der Waals surface area (Å²) in [5, 5.41) is 0. The number of rotatable bonds is 18. The van der Waals surface area contributed by atoms with Gasteiger partial charge >= 0.3 is 0 Å². The minimum atomic E-state index is 0.952. The number of hydrogen-bond donors (Lipinski definition) is 0. The molecular weight excluding hydrogens is 436 g/mol. The Morgan fingerprint density at radius 3 is 1.69 bits per heavy atom. The molecule has 0 heterocycles. The van der Waals surface area contributed by atoms with Crippen LogP contribution in [0.3, 0.4) is 0 Å². The summed E-state index contributed by atoms with van der Waals surface area (Å²) < 4.78 is 0. The number of unbranched alkanes of at least 4 members (excludes halogenated alkanes) is 5. The van der Waals surface area contributed by atoms with Gasteiger partial charge in [0.25, 0.3) is 0 Å². The monoisotopic (exact) mass is 484 g/mol. The zero-order valence-corrected chi connectivity index (χ0v) is 23.1. The summed E-state index contributed by atoms with van der Waals surface area (Å²) in [7, 11) is 0. The van der Waals surface area contributed by atoms with Crippen LogP contribution in [0.2, 0.25) is 0 Å². The van der Waals surface area contributed by atoms with Crippen LogP contribution in [0.4, 0.5) is 11.4 Å². The molecule has 0 aromatic heterocycles. The highest BCUT2D eigenvalue weighted by Crippen LogP contribution is 2.23. The number of benzene rings is 2. The van der Waals surface area contributed by atoms with E-state index in [0.29, 0.717) is 0 Å². The molecule has 194 valence electrons. The van der Waals surface area contributed by atoms with Crippen molar-refractivity contribution in [3.63, 3.8) is 0 Å². The predicted octanol–water partition coefficient (Wildman–Crippen LogP) is 10.7. The van der Waals surface area contributed by atoms with Gasteiger partial charge in [0, 0.05) is 6.21 Å². The van der Waals surface area contributed by atoms with Gasteiger partial charge in [-0.1, -0.05) is 114 Å². The summed E-state index contributed by atoms with van der Waals surface area (Å²) in [5.74, 6) is 0. The minimum Gasteiger partial charge on any atom is -0.255 e. The molecule has 0 saturated heterocycles. The Morgan fingerprint density at radius 2 is 1.11 bits per heavy atom. The van der Waals surface area contributed by atoms with Crippen molar-refractivity contribution in [1.82, 2.24) is 0 Å². The summed E-state index contributed by atoms with van der Waals surface area (Å²) in [6.07, 6.45) is 26.1. The lowest BCUT2D eigenvalue weighted by molar-refractivity contribution is 0.811. The van der Waals surface area contributed by atoms with E-state index < -0.39 is 0 Å². The summed E-state index contributed by atoms with van der Waals surface area (Å²) >= 11 is 0. The Labute approximate surface area is 221 Å². The maximum absolute atomic E-state index is 5.11. The smallest absolute Gasteiger partial charge is 0.0665 e. The Morgan fingerprint density at radius 1 is 0.611 bits per heavy atom. The molecule has 0 unspecified atom stereocenters. The molecule has 0 bridgehead atoms. The Bertz CT molecular complexity index is 965. The Hall–Kier alpha value is -2.74. The second-order valence-corrected chi connectivity index (χ2v) is 9.53. The Balaban J connectivity index is 2.13. The van der Waals surface area contributed by atoms with E-state index in [9.17, 15) is 0 Å². The van der Waals surface area contributed by atoms with E-state index in [1.807, 2.05) is 6.21 Å². The maximum Gasteiger partial charge on any atom is 0.0665 e. The summed E-state index contributed by atoms with van der Waals surface area (Å²) in [6.45, 7) is 6.72. The van der Waals surface area contributed by atoms with Crippen molar-refractivity contribution in [2.24, 2.45) is 9.98 Å². The zero-order chi connectivity index (χ0) is 25.7. The number of para-hydroxylation sites is 2. The molecule has 0 aliphatic heterocycles. The maximum atomic E-state index is 5.11. The van der Waals surface area contributed by atoms with Crippen LogP contribution in [0, 0.1) is 0 Å². The highest BCUT2D eigenvalue weighted by molar-refractivity contribution is 6.31. The van der Waals surface area contributed by atoms with Gasteiger partial charge in [-0.15, -0.1) is 0 Å². The van der Waals surface area contributed by atoms with Gasteiger partial charge in [-0.3, -0.25) is 9.98 Å². The molecule has 0 amide bonds. The lowest BCUT2D eigenvalue weighted by Gasteiger charge is -2.07. The van der Waals surface area contributed by atoms with E-state index in [1.165, 1.54) is 49.7 Å². The van der Waals surface area contributed by atoms with E-state index in [2.05, 4.69) is 93.6 Å². The fourth-order valence-corrected chi connectivity index (χ4v) is 4.08. The summed E-state index contributed by atoms with van der Waals surface area (Å²) in [4.78, 5) is 10.0. The van der Waals surface area contributed by atoms with E-state index in [-0.39, 0.29) is 0 Å². The van der Waals surface area contributed by atoms with E-state index in [1.54, 1.807) is 0 Å². The third-order valence-electron chi connectivity index (χ3n) is 6.33. The van der Waals surface area contributed by atoms with Gasteiger partial charge in [-0.2, -0.15) is 0 Å². The second kappa shape index (κ2) is 19.4. The van der Waals surface area contributed by atoms with E-state index >= 15 is 0 Å². The number of aliphatic imine (C=N–C) groups is 2. The number of hydrogen-bond acceptors (Lipinski definition) is 2. The van der Waals surface area contributed by atoms with Crippen molar-refractivity contribution in [2.75, 3.05) is 0 Å². The fraction of sp³-hybridized carbons (Fsp3) is 0.471. The van der Waals surface area contributed by atoms with Crippen LogP contribution in [0.1, 0.15) is 103 Å². The third-order valence-corrected chi connectivity index (χ3v) is 6.33. The van der Waals surface area contributed by atoms with Crippen LogP contribution in [-0.2, 0) is 12.8 Å². The minimum absolute atomic E-state index is 0.952. The first-order chi connectivity index (χ1) is 17.8. The van der Waals surface area contributed by atoms with Gasteiger partial charge in [0.15, 0.2) is 0 Å². The fourth-order valence-electron chi connectivity index (χ4n) is 4.08. The molecule has 2 rings (SSSR count). The largest absolute Gasteiger partial charge is 0.255 e. The molecule has 2 aromatic carbocycles. The average molecular weight is 485 g/mol. The van der Waals surface area contributed by atoms with Crippen molar-refractivity contribution < 1.29 is 0 Å². The SMILES string of the molecule is CCCCC=CCCc1ccccc1N=CC(CCCC)=Nc1ccccc1CCC=CCCCC. The molecule has 0 atom stereocenters. The van der Waals surface area contributed by atoms with Gasteiger partial charge in [0.2, 0.25) is 0 Å². The number of aryl methyl sites for hydroxylation is 2. The van der Waals surface area contributed by atoms with E-state index in [4.69, 9.17) is 9.98 Å². The molecule has 0 saturated carbocycles. The van der Waals surface area contributed by atoms with Crippen molar-refractivity contribution in [2.45, 2.75) is 104 Å². The molecule has 2 nitrogen and oxygen atoms in total. The molecule has 36 heavy (non-hydrogen) atoms. The van der Waals surface area contributed by atoms with Crippen molar-refractivity contribution in [1.29, 1.82) is 0 Å². The average Bonchev–Trinajstić information content (AvgIpc) is 2.91. The van der Waals surface area contributed by atoms with Crippen LogP contribution >= 0.6 is 0 Å². The standard InChI is InChI=1S/C34H48N2/c1-4-7-10-12-14-16-22-30-24-18-20-27-33(30)35-29-32(26-9-6-3)36-34-28-21-19-25-31(34)23-17-15-13-11-8-5-2/h12-15,18-21,24-25,27-29H,4-11,16-17,22-23,26H2,1-3H3. The highest BCUT2D eigenvalue weighted by atomic mass is 14.8. The highest BCUT2D eigenvalue weighted by Gasteiger charge is 2.04. The molecule has 0 aliphatic carbocycles. The van der Waals surface area contributed by atoms with Gasteiger partial charge in [-0.05, 0) is 74.6 Å². The van der Waals surface area contributed by atoms with Gasteiger partial charge in [0.1, 0.15) is 0 Å². The molecule has 0 N–H and O–H groups in total. The molecule has 0 spiro atoms. The van der Waals surface area contributed by atoms with Gasteiger partial charge < -0.3 is 0 Å². The predicted molar refractivity (Wildman–Crippen MR) is 162 cm³/mol. The number of nitrogens with zero attached hydrogens (tertiary/aromatic N) is 2. The first-order valence-electron chi connectivity index (χ1n) is 14.4. The second-order valence-electron chi connectivity index (χ2n) is 9.53. The van der Waals surface area contributed by atoms with Gasteiger partial charge in [0.05, 0.1) is 17.1 Å². The van der Waals surface area contributed by atoms with Crippen LogP contribution in [0.5, 0.6) is 0 Å². The van der Waals surface area contributed by atoms with Crippen LogP contribution in [0.25, 0.3) is 0 Å². The third kappa shape index (κ3) is 12.3. The quantitative estimate of drug-likeness (QED) is 0.114. The molecule has 0 aliphatic rings. The molecule has 2 heteroatoms. The normalized spacial score (nSPS) is 12.5. The molecule has 0 fully saturated rings.